The molecule has 1 N–H and O–H groups in total. The van der Waals surface area contributed by atoms with Gasteiger partial charge < -0.3 is 10.1 Å². The number of carbonyl (C=O) groups is 1. The summed E-state index contributed by atoms with van der Waals surface area (Å²) < 4.78 is 5.54. The molecule has 4 heteroatoms. The average Bonchev–Trinajstić information content (AvgIpc) is 2.80. The van der Waals surface area contributed by atoms with E-state index >= 15 is 0 Å². The van der Waals surface area contributed by atoms with Crippen LogP contribution in [0.1, 0.15) is 41.6 Å². The molecule has 1 saturated carbocycles. The highest BCUT2D eigenvalue weighted by Crippen LogP contribution is 2.49. The van der Waals surface area contributed by atoms with Crippen molar-refractivity contribution < 1.29 is 9.53 Å². The minimum absolute atomic E-state index is 0.0314. The first-order chi connectivity index (χ1) is 14.6. The molecule has 0 spiro atoms. The van der Waals surface area contributed by atoms with Crippen molar-refractivity contribution in [3.05, 3.63) is 78.4 Å². The van der Waals surface area contributed by atoms with Crippen LogP contribution in [0.2, 0.25) is 0 Å². The molecule has 0 radical (unpaired) electrons. The van der Waals surface area contributed by atoms with Crippen LogP contribution in [0.5, 0.6) is 5.75 Å². The van der Waals surface area contributed by atoms with Crippen molar-refractivity contribution in [3.8, 4) is 5.75 Å². The van der Waals surface area contributed by atoms with Gasteiger partial charge in [-0.05, 0) is 68.0 Å². The van der Waals surface area contributed by atoms with Gasteiger partial charge in [-0.3, -0.25) is 9.69 Å². The molecule has 0 aromatic heterocycles. The summed E-state index contributed by atoms with van der Waals surface area (Å²) >= 11 is 0. The molecule has 0 bridgehead atoms. The van der Waals surface area contributed by atoms with Crippen LogP contribution >= 0.6 is 0 Å². The van der Waals surface area contributed by atoms with E-state index in [1.54, 1.807) is 7.11 Å². The number of hydrogen-bond donors (Lipinski definition) is 1. The van der Waals surface area contributed by atoms with Gasteiger partial charge in [-0.25, -0.2) is 0 Å². The first-order valence-electron chi connectivity index (χ1n) is 11.0. The maximum atomic E-state index is 12.8. The van der Waals surface area contributed by atoms with Crippen molar-refractivity contribution in [3.63, 3.8) is 0 Å². The Bertz CT molecular complexity index is 882. The molecule has 4 nitrogen and oxygen atoms in total. The molecule has 30 heavy (non-hydrogen) atoms. The summed E-state index contributed by atoms with van der Waals surface area (Å²) in [6, 6.07) is 18.3. The lowest BCUT2D eigenvalue weighted by atomic mass is 9.58. The summed E-state index contributed by atoms with van der Waals surface area (Å²) in [4.78, 5) is 15.3. The third-order valence-electron chi connectivity index (χ3n) is 7.01. The van der Waals surface area contributed by atoms with E-state index in [4.69, 9.17) is 4.74 Å². The molecule has 4 rings (SSSR count). The smallest absolute Gasteiger partial charge is 0.251 e. The molecular formula is C26H32N2O2. The molecule has 2 aromatic carbocycles. The van der Waals surface area contributed by atoms with Crippen LogP contribution in [-0.4, -0.2) is 43.6 Å². The lowest BCUT2D eigenvalue weighted by Crippen LogP contribution is -2.56. The molecule has 2 aliphatic rings. The van der Waals surface area contributed by atoms with Crippen molar-refractivity contribution in [1.82, 2.24) is 10.2 Å². The molecule has 158 valence electrons. The number of rotatable bonds is 6. The monoisotopic (exact) mass is 404 g/mol. The van der Waals surface area contributed by atoms with Gasteiger partial charge in [0, 0.05) is 30.1 Å². The summed E-state index contributed by atoms with van der Waals surface area (Å²) in [5.41, 5.74) is 2.15. The van der Waals surface area contributed by atoms with E-state index in [-0.39, 0.29) is 17.4 Å². The number of carbonyl (C=O) groups excluding carboxylic acids is 1. The van der Waals surface area contributed by atoms with Crippen LogP contribution in [-0.2, 0) is 5.41 Å². The lowest BCUT2D eigenvalue weighted by molar-refractivity contribution is 0.0473. The number of ether oxygens (including phenoxy) is 1. The highest BCUT2D eigenvalue weighted by molar-refractivity contribution is 5.94. The largest absolute Gasteiger partial charge is 0.497 e. The third kappa shape index (κ3) is 4.15. The Morgan fingerprint density at radius 1 is 1.23 bits per heavy atom. The molecule has 2 fully saturated rings. The Balaban J connectivity index is 1.59. The van der Waals surface area contributed by atoms with Gasteiger partial charge in [-0.2, -0.15) is 0 Å². The Hall–Kier alpha value is -2.59. The summed E-state index contributed by atoms with van der Waals surface area (Å²) in [5.74, 6) is 1.51. The topological polar surface area (TPSA) is 41.6 Å². The van der Waals surface area contributed by atoms with E-state index in [9.17, 15) is 4.79 Å². The first-order valence-corrected chi connectivity index (χ1v) is 11.0. The summed E-state index contributed by atoms with van der Waals surface area (Å²) in [6.07, 6.45) is 6.22. The van der Waals surface area contributed by atoms with E-state index in [0.717, 1.165) is 56.6 Å². The molecule has 1 heterocycles. The highest BCUT2D eigenvalue weighted by atomic mass is 16.5. The van der Waals surface area contributed by atoms with E-state index in [2.05, 4.69) is 35.0 Å². The minimum Gasteiger partial charge on any atom is -0.497 e. The fraction of sp³-hybridized carbons (Fsp3) is 0.423. The van der Waals surface area contributed by atoms with Crippen molar-refractivity contribution in [2.75, 3.05) is 26.7 Å². The van der Waals surface area contributed by atoms with Gasteiger partial charge in [0.2, 0.25) is 0 Å². The van der Waals surface area contributed by atoms with Crippen molar-refractivity contribution in [1.29, 1.82) is 0 Å². The number of methoxy groups -OCH3 is 1. The predicted molar refractivity (Wildman–Crippen MR) is 121 cm³/mol. The molecule has 1 aliphatic carbocycles. The summed E-state index contributed by atoms with van der Waals surface area (Å²) in [5, 5.41) is 3.33. The van der Waals surface area contributed by atoms with Gasteiger partial charge in [-0.15, -0.1) is 6.58 Å². The zero-order chi connectivity index (χ0) is 21.0. The van der Waals surface area contributed by atoms with E-state index < -0.39 is 0 Å². The Kier molecular flexibility index (Phi) is 6.24. The number of nitrogens with zero attached hydrogens (tertiary/aromatic N) is 1. The second-order valence-electron chi connectivity index (χ2n) is 8.70. The number of benzene rings is 2. The van der Waals surface area contributed by atoms with Crippen molar-refractivity contribution in [2.24, 2.45) is 5.92 Å². The quantitative estimate of drug-likeness (QED) is 0.725. The number of likely N-dealkylation sites (tertiary alicyclic amines) is 1. The third-order valence-corrected chi connectivity index (χ3v) is 7.01. The molecular weight excluding hydrogens is 372 g/mol. The van der Waals surface area contributed by atoms with Crippen LogP contribution < -0.4 is 10.1 Å². The van der Waals surface area contributed by atoms with Crippen LogP contribution in [0.4, 0.5) is 0 Å². The number of piperidine rings is 1. The van der Waals surface area contributed by atoms with E-state index in [1.807, 2.05) is 42.5 Å². The molecule has 3 atom stereocenters. The Labute approximate surface area is 179 Å². The maximum Gasteiger partial charge on any atom is 0.251 e. The first kappa shape index (κ1) is 20.7. The van der Waals surface area contributed by atoms with Crippen LogP contribution in [0.15, 0.2) is 67.3 Å². The SMILES string of the molecule is C=CCN1CCC2(c3cccc(OC)c3)C[C@@H](NC(=O)c3ccccc3)CCC2C1. The molecule has 1 aliphatic heterocycles. The average molecular weight is 405 g/mol. The summed E-state index contributed by atoms with van der Waals surface area (Å²) in [7, 11) is 1.73. The number of hydrogen-bond acceptors (Lipinski definition) is 3. The van der Waals surface area contributed by atoms with Crippen LogP contribution in [0, 0.1) is 5.92 Å². The van der Waals surface area contributed by atoms with Gasteiger partial charge in [0.1, 0.15) is 5.75 Å². The number of fused-ring (bicyclic) bond motifs is 1. The van der Waals surface area contributed by atoms with Gasteiger partial charge >= 0.3 is 0 Å². The molecule has 1 amide bonds. The summed E-state index contributed by atoms with van der Waals surface area (Å²) in [6.45, 7) is 7.01. The van der Waals surface area contributed by atoms with Gasteiger partial charge in [0.05, 0.1) is 7.11 Å². The van der Waals surface area contributed by atoms with Crippen LogP contribution in [0.25, 0.3) is 0 Å². The molecule has 2 unspecified atom stereocenters. The van der Waals surface area contributed by atoms with Crippen molar-refractivity contribution in [2.45, 2.75) is 37.1 Å². The zero-order valence-electron chi connectivity index (χ0n) is 17.8. The Morgan fingerprint density at radius 2 is 2.07 bits per heavy atom. The normalized spacial score (nSPS) is 26.4. The second kappa shape index (κ2) is 9.05. The van der Waals surface area contributed by atoms with Gasteiger partial charge in [0.15, 0.2) is 0 Å². The minimum atomic E-state index is 0.0314. The second-order valence-corrected chi connectivity index (χ2v) is 8.70. The molecule has 1 saturated heterocycles. The standard InChI is InChI=1S/C26H32N2O2/c1-3-15-28-16-14-26(21-10-7-11-24(17-21)30-2)18-23(13-12-22(26)19-28)27-25(29)20-8-5-4-6-9-20/h3-11,17,22-23H,1,12-16,18-19H2,2H3,(H,27,29)/t22?,23-,26?/m0/s1. The zero-order valence-corrected chi connectivity index (χ0v) is 17.8. The van der Waals surface area contributed by atoms with E-state index in [0.29, 0.717) is 5.92 Å². The van der Waals surface area contributed by atoms with Gasteiger partial charge in [-0.1, -0.05) is 36.4 Å². The maximum absolute atomic E-state index is 12.8. The predicted octanol–water partition coefficient (Wildman–Crippen LogP) is 4.42. The lowest BCUT2D eigenvalue weighted by Gasteiger charge is -2.53. The Morgan fingerprint density at radius 3 is 2.83 bits per heavy atom. The van der Waals surface area contributed by atoms with Gasteiger partial charge in [0.25, 0.3) is 5.91 Å². The number of nitrogens with one attached hydrogen (secondary N) is 1. The molecule has 2 aromatic rings. The fourth-order valence-corrected chi connectivity index (χ4v) is 5.48. The fourth-order valence-electron chi connectivity index (χ4n) is 5.48. The highest BCUT2D eigenvalue weighted by Gasteiger charge is 2.48. The number of amides is 1. The van der Waals surface area contributed by atoms with Crippen molar-refractivity contribution >= 4 is 5.91 Å². The van der Waals surface area contributed by atoms with E-state index in [1.165, 1.54) is 5.56 Å². The van der Waals surface area contributed by atoms with Crippen LogP contribution in [0.3, 0.4) is 0 Å².